The van der Waals surface area contributed by atoms with E-state index in [1.807, 2.05) is 18.2 Å². The van der Waals surface area contributed by atoms with E-state index < -0.39 is 0 Å². The second-order valence-electron chi connectivity index (χ2n) is 4.58. The topological polar surface area (TPSA) is 56.5 Å². The van der Waals surface area contributed by atoms with Crippen molar-refractivity contribution in [2.24, 2.45) is 5.73 Å². The van der Waals surface area contributed by atoms with Gasteiger partial charge in [0.2, 0.25) is 0 Å². The van der Waals surface area contributed by atoms with Crippen molar-refractivity contribution in [3.63, 3.8) is 0 Å². The lowest BCUT2D eigenvalue weighted by molar-refractivity contribution is 0.143. The number of aryl methyl sites for hydroxylation is 1. The molecular formula is C14H24N2O2. The predicted molar refractivity (Wildman–Crippen MR) is 75.3 cm³/mol. The Morgan fingerprint density at radius 2 is 2.06 bits per heavy atom. The van der Waals surface area contributed by atoms with Gasteiger partial charge in [-0.15, -0.1) is 0 Å². The van der Waals surface area contributed by atoms with Crippen LogP contribution in [0.15, 0.2) is 18.2 Å². The number of benzene rings is 1. The van der Waals surface area contributed by atoms with Crippen LogP contribution in [-0.4, -0.2) is 32.9 Å². The number of anilines is 1. The Morgan fingerprint density at radius 1 is 1.33 bits per heavy atom. The smallest absolute Gasteiger partial charge is 0.120 e. The third-order valence-corrected chi connectivity index (χ3v) is 3.33. The van der Waals surface area contributed by atoms with E-state index in [0.717, 1.165) is 23.4 Å². The molecule has 0 fully saturated rings. The summed E-state index contributed by atoms with van der Waals surface area (Å²) >= 11 is 0. The third-order valence-electron chi connectivity index (χ3n) is 3.33. The van der Waals surface area contributed by atoms with Gasteiger partial charge in [0.15, 0.2) is 0 Å². The third kappa shape index (κ3) is 3.37. The van der Waals surface area contributed by atoms with Crippen LogP contribution in [-0.2, 0) is 4.74 Å². The Bertz CT molecular complexity index is 376. The predicted octanol–water partition coefficient (Wildman–Crippen LogP) is 2.17. The first kappa shape index (κ1) is 14.8. The monoisotopic (exact) mass is 252 g/mol. The van der Waals surface area contributed by atoms with Gasteiger partial charge < -0.3 is 20.5 Å². The minimum Gasteiger partial charge on any atom is -0.497 e. The molecule has 3 N–H and O–H groups in total. The molecule has 1 rings (SSSR count). The normalized spacial score (nSPS) is 14.1. The highest BCUT2D eigenvalue weighted by Crippen LogP contribution is 2.26. The molecule has 0 bridgehead atoms. The van der Waals surface area contributed by atoms with Gasteiger partial charge in [-0.3, -0.25) is 0 Å². The molecule has 0 spiro atoms. The van der Waals surface area contributed by atoms with Crippen LogP contribution in [0.2, 0.25) is 0 Å². The first-order valence-corrected chi connectivity index (χ1v) is 6.22. The minimum atomic E-state index is -0.230. The fourth-order valence-corrected chi connectivity index (χ4v) is 1.91. The zero-order valence-electron chi connectivity index (χ0n) is 11.7. The second kappa shape index (κ2) is 6.61. The molecule has 0 aliphatic rings. The van der Waals surface area contributed by atoms with Crippen LogP contribution >= 0.6 is 0 Å². The molecule has 0 aliphatic carbocycles. The van der Waals surface area contributed by atoms with Crippen LogP contribution < -0.4 is 15.8 Å². The number of rotatable bonds is 7. The molecule has 0 heterocycles. The summed E-state index contributed by atoms with van der Waals surface area (Å²) in [7, 11) is 3.36. The average molecular weight is 252 g/mol. The van der Waals surface area contributed by atoms with Crippen molar-refractivity contribution in [1.29, 1.82) is 0 Å². The summed E-state index contributed by atoms with van der Waals surface area (Å²) in [5.41, 5.74) is 7.87. The van der Waals surface area contributed by atoms with E-state index in [-0.39, 0.29) is 5.54 Å². The van der Waals surface area contributed by atoms with Gasteiger partial charge in [0, 0.05) is 25.4 Å². The Hall–Kier alpha value is -1.26. The van der Waals surface area contributed by atoms with Crippen molar-refractivity contribution in [1.82, 2.24) is 0 Å². The highest BCUT2D eigenvalue weighted by Gasteiger charge is 2.26. The van der Waals surface area contributed by atoms with Crippen molar-refractivity contribution < 1.29 is 9.47 Å². The van der Waals surface area contributed by atoms with Crippen LogP contribution in [0.4, 0.5) is 5.69 Å². The average Bonchev–Trinajstić information content (AvgIpc) is 2.40. The summed E-state index contributed by atoms with van der Waals surface area (Å²) in [6.07, 6.45) is 0.897. The molecule has 4 nitrogen and oxygen atoms in total. The van der Waals surface area contributed by atoms with Gasteiger partial charge in [-0.05, 0) is 25.0 Å². The van der Waals surface area contributed by atoms with Crippen LogP contribution in [0, 0.1) is 6.92 Å². The van der Waals surface area contributed by atoms with Crippen LogP contribution in [0.3, 0.4) is 0 Å². The lowest BCUT2D eigenvalue weighted by atomic mass is 9.96. The Morgan fingerprint density at radius 3 is 2.56 bits per heavy atom. The molecular weight excluding hydrogens is 228 g/mol. The summed E-state index contributed by atoms with van der Waals surface area (Å²) in [5.74, 6) is 0.836. The molecule has 0 aromatic heterocycles. The van der Waals surface area contributed by atoms with Crippen molar-refractivity contribution >= 4 is 5.69 Å². The fourth-order valence-electron chi connectivity index (χ4n) is 1.91. The molecule has 4 heteroatoms. The summed E-state index contributed by atoms with van der Waals surface area (Å²) in [6.45, 7) is 5.27. The molecule has 0 aliphatic heterocycles. The van der Waals surface area contributed by atoms with Crippen LogP contribution in [0.25, 0.3) is 0 Å². The van der Waals surface area contributed by atoms with E-state index >= 15 is 0 Å². The van der Waals surface area contributed by atoms with E-state index in [2.05, 4.69) is 19.2 Å². The quantitative estimate of drug-likeness (QED) is 0.781. The molecule has 0 saturated heterocycles. The molecule has 0 radical (unpaired) electrons. The molecule has 1 atom stereocenters. The van der Waals surface area contributed by atoms with Crippen molar-refractivity contribution in [3.8, 4) is 5.75 Å². The minimum absolute atomic E-state index is 0.230. The number of nitrogens with two attached hydrogens (primary N) is 1. The van der Waals surface area contributed by atoms with Crippen LogP contribution in [0.1, 0.15) is 18.9 Å². The number of hydrogen-bond donors (Lipinski definition) is 2. The van der Waals surface area contributed by atoms with Crippen molar-refractivity contribution in [3.05, 3.63) is 23.8 Å². The number of methoxy groups -OCH3 is 2. The van der Waals surface area contributed by atoms with Gasteiger partial charge >= 0.3 is 0 Å². The molecule has 1 aromatic rings. The van der Waals surface area contributed by atoms with E-state index in [0.29, 0.717) is 13.2 Å². The zero-order chi connectivity index (χ0) is 13.6. The van der Waals surface area contributed by atoms with Crippen molar-refractivity contribution in [2.45, 2.75) is 25.8 Å². The highest BCUT2D eigenvalue weighted by atomic mass is 16.5. The second-order valence-corrected chi connectivity index (χ2v) is 4.58. The molecule has 1 aromatic carbocycles. The molecule has 0 saturated carbocycles. The molecule has 18 heavy (non-hydrogen) atoms. The van der Waals surface area contributed by atoms with Gasteiger partial charge in [0.25, 0.3) is 0 Å². The van der Waals surface area contributed by atoms with E-state index in [1.54, 1.807) is 14.2 Å². The summed E-state index contributed by atoms with van der Waals surface area (Å²) in [6, 6.07) is 5.98. The first-order chi connectivity index (χ1) is 8.60. The van der Waals surface area contributed by atoms with Gasteiger partial charge in [-0.2, -0.15) is 0 Å². The first-order valence-electron chi connectivity index (χ1n) is 6.22. The van der Waals surface area contributed by atoms with Crippen LogP contribution in [0.5, 0.6) is 5.75 Å². The zero-order valence-corrected chi connectivity index (χ0v) is 11.7. The molecule has 0 amide bonds. The number of hydrogen-bond acceptors (Lipinski definition) is 4. The van der Waals surface area contributed by atoms with E-state index in [4.69, 9.17) is 15.2 Å². The maximum Gasteiger partial charge on any atom is 0.120 e. The maximum atomic E-state index is 5.90. The number of nitrogens with one attached hydrogen (secondary N) is 1. The summed E-state index contributed by atoms with van der Waals surface area (Å²) in [4.78, 5) is 0. The lowest BCUT2D eigenvalue weighted by Crippen LogP contribution is -2.49. The Balaban J connectivity index is 2.99. The van der Waals surface area contributed by atoms with Gasteiger partial charge in [-0.25, -0.2) is 0 Å². The highest BCUT2D eigenvalue weighted by molar-refractivity contribution is 5.56. The summed E-state index contributed by atoms with van der Waals surface area (Å²) in [5, 5.41) is 3.51. The lowest BCUT2D eigenvalue weighted by Gasteiger charge is -2.33. The standard InChI is InChI=1S/C14H24N2O2/c1-5-14(9-15,10-17-3)16-13-8-12(18-4)7-6-11(13)2/h6-8,16H,5,9-10,15H2,1-4H3. The summed E-state index contributed by atoms with van der Waals surface area (Å²) < 4.78 is 10.5. The SMILES string of the molecule is CCC(CN)(COC)Nc1cc(OC)ccc1C. The van der Waals surface area contributed by atoms with Gasteiger partial charge in [-0.1, -0.05) is 13.0 Å². The van der Waals surface area contributed by atoms with E-state index in [1.165, 1.54) is 0 Å². The van der Waals surface area contributed by atoms with E-state index in [9.17, 15) is 0 Å². The van der Waals surface area contributed by atoms with Gasteiger partial charge in [0.1, 0.15) is 5.75 Å². The number of ether oxygens (including phenoxy) is 2. The Kier molecular flexibility index (Phi) is 5.44. The largest absolute Gasteiger partial charge is 0.497 e. The maximum absolute atomic E-state index is 5.90. The molecule has 1 unspecified atom stereocenters. The van der Waals surface area contributed by atoms with Gasteiger partial charge in [0.05, 0.1) is 19.3 Å². The molecule has 102 valence electrons. The Labute approximate surface area is 109 Å². The van der Waals surface area contributed by atoms with Crippen molar-refractivity contribution in [2.75, 3.05) is 32.7 Å². The fraction of sp³-hybridized carbons (Fsp3) is 0.571.